The number of carboxylic acid groups (broad SMARTS) is 1. The summed E-state index contributed by atoms with van der Waals surface area (Å²) in [4.78, 5) is 24.7. The molecule has 0 aromatic heterocycles. The Morgan fingerprint density at radius 2 is 2.05 bits per heavy atom. The van der Waals surface area contributed by atoms with Gasteiger partial charge in [0.1, 0.15) is 0 Å². The molecule has 1 unspecified atom stereocenters. The lowest BCUT2D eigenvalue weighted by Gasteiger charge is -2.32. The van der Waals surface area contributed by atoms with Gasteiger partial charge in [-0.15, -0.1) is 0 Å². The van der Waals surface area contributed by atoms with Crippen LogP contribution in [0.5, 0.6) is 0 Å². The number of aliphatic carboxylic acids is 1. The number of carbonyl (C=O) groups is 2. The number of likely N-dealkylation sites (tertiary alicyclic amines) is 1. The molecule has 1 fully saturated rings. The van der Waals surface area contributed by atoms with Crippen molar-refractivity contribution < 1.29 is 14.7 Å². The minimum absolute atomic E-state index is 0.0298. The fraction of sp³-hybridized carbons (Fsp3) is 0.875. The Bertz CT molecular complexity index is 355. The number of rotatable bonds is 7. The SMILES string of the molecule is CCC1CCCN(C(=O)NCCC(C)(C)CCC(=O)O)C1. The summed E-state index contributed by atoms with van der Waals surface area (Å²) in [6, 6.07) is 0.0298. The molecule has 2 amide bonds. The molecule has 21 heavy (non-hydrogen) atoms. The van der Waals surface area contributed by atoms with E-state index >= 15 is 0 Å². The molecule has 1 saturated heterocycles. The van der Waals surface area contributed by atoms with E-state index in [2.05, 4.69) is 26.1 Å². The predicted octanol–water partition coefficient (Wildman–Crippen LogP) is 3.10. The van der Waals surface area contributed by atoms with Crippen LogP contribution in [0.2, 0.25) is 0 Å². The van der Waals surface area contributed by atoms with Crippen LogP contribution >= 0.6 is 0 Å². The highest BCUT2D eigenvalue weighted by Crippen LogP contribution is 2.26. The highest BCUT2D eigenvalue weighted by atomic mass is 16.4. The quantitative estimate of drug-likeness (QED) is 0.758. The first-order valence-electron chi connectivity index (χ1n) is 8.08. The van der Waals surface area contributed by atoms with E-state index < -0.39 is 5.97 Å². The summed E-state index contributed by atoms with van der Waals surface area (Å²) >= 11 is 0. The highest BCUT2D eigenvalue weighted by molar-refractivity contribution is 5.74. The fourth-order valence-electron chi connectivity index (χ4n) is 2.77. The summed E-state index contributed by atoms with van der Waals surface area (Å²) in [5, 5.41) is 11.7. The number of piperidine rings is 1. The molecule has 1 rings (SSSR count). The summed E-state index contributed by atoms with van der Waals surface area (Å²) < 4.78 is 0. The molecule has 1 heterocycles. The van der Waals surface area contributed by atoms with Crippen molar-refractivity contribution in [3.63, 3.8) is 0 Å². The monoisotopic (exact) mass is 298 g/mol. The topological polar surface area (TPSA) is 69.6 Å². The largest absolute Gasteiger partial charge is 0.481 e. The van der Waals surface area contributed by atoms with Gasteiger partial charge in [0.2, 0.25) is 0 Å². The second-order valence-electron chi connectivity index (χ2n) is 6.90. The van der Waals surface area contributed by atoms with Crippen molar-refractivity contribution in [1.82, 2.24) is 10.2 Å². The molecule has 0 saturated carbocycles. The smallest absolute Gasteiger partial charge is 0.317 e. The number of hydrogen-bond acceptors (Lipinski definition) is 2. The molecule has 0 radical (unpaired) electrons. The van der Waals surface area contributed by atoms with E-state index in [9.17, 15) is 9.59 Å². The van der Waals surface area contributed by atoms with Crippen molar-refractivity contribution in [3.05, 3.63) is 0 Å². The van der Waals surface area contributed by atoms with Crippen molar-refractivity contribution in [3.8, 4) is 0 Å². The van der Waals surface area contributed by atoms with Crippen LogP contribution in [0, 0.1) is 11.3 Å². The Morgan fingerprint density at radius 1 is 1.33 bits per heavy atom. The Kier molecular flexibility index (Phi) is 6.99. The molecular weight excluding hydrogens is 268 g/mol. The lowest BCUT2D eigenvalue weighted by molar-refractivity contribution is -0.137. The van der Waals surface area contributed by atoms with Gasteiger partial charge in [0.25, 0.3) is 0 Å². The number of hydrogen-bond donors (Lipinski definition) is 2. The van der Waals surface area contributed by atoms with Crippen LogP contribution < -0.4 is 5.32 Å². The maximum absolute atomic E-state index is 12.1. The van der Waals surface area contributed by atoms with E-state index in [1.54, 1.807) is 0 Å². The van der Waals surface area contributed by atoms with E-state index in [-0.39, 0.29) is 17.9 Å². The van der Waals surface area contributed by atoms with E-state index in [4.69, 9.17) is 5.11 Å². The summed E-state index contributed by atoms with van der Waals surface area (Å²) in [6.07, 6.45) is 5.08. The number of urea groups is 1. The van der Waals surface area contributed by atoms with Crippen molar-refractivity contribution in [1.29, 1.82) is 0 Å². The zero-order valence-electron chi connectivity index (χ0n) is 13.7. The molecule has 2 N–H and O–H groups in total. The van der Waals surface area contributed by atoms with Crippen LogP contribution in [0.4, 0.5) is 4.79 Å². The zero-order chi connectivity index (χ0) is 15.9. The number of nitrogens with zero attached hydrogens (tertiary/aromatic N) is 1. The number of carbonyl (C=O) groups excluding carboxylic acids is 1. The highest BCUT2D eigenvalue weighted by Gasteiger charge is 2.23. The molecule has 5 heteroatoms. The van der Waals surface area contributed by atoms with E-state index in [1.807, 2.05) is 4.90 Å². The summed E-state index contributed by atoms with van der Waals surface area (Å²) in [5.74, 6) is -0.123. The van der Waals surface area contributed by atoms with Crippen LogP contribution in [-0.2, 0) is 4.79 Å². The number of carboxylic acids is 1. The molecular formula is C16H30N2O3. The summed E-state index contributed by atoms with van der Waals surface area (Å²) in [6.45, 7) is 8.61. The van der Waals surface area contributed by atoms with Gasteiger partial charge in [0.15, 0.2) is 0 Å². The van der Waals surface area contributed by atoms with Gasteiger partial charge in [-0.25, -0.2) is 4.79 Å². The van der Waals surface area contributed by atoms with Crippen molar-refractivity contribution in [2.75, 3.05) is 19.6 Å². The third-order valence-corrected chi connectivity index (χ3v) is 4.48. The van der Waals surface area contributed by atoms with E-state index in [0.717, 1.165) is 32.4 Å². The number of nitrogens with one attached hydrogen (secondary N) is 1. The maximum Gasteiger partial charge on any atom is 0.317 e. The van der Waals surface area contributed by atoms with Gasteiger partial charge in [-0.2, -0.15) is 0 Å². The van der Waals surface area contributed by atoms with Crippen molar-refractivity contribution in [2.45, 2.75) is 59.3 Å². The standard InChI is InChI=1S/C16H30N2O3/c1-4-13-6-5-11-18(12-13)15(21)17-10-9-16(2,3)8-7-14(19)20/h13H,4-12H2,1-3H3,(H,17,21)(H,19,20). The molecule has 122 valence electrons. The zero-order valence-corrected chi connectivity index (χ0v) is 13.7. The molecule has 1 atom stereocenters. The van der Waals surface area contributed by atoms with Gasteiger partial charge in [0, 0.05) is 26.1 Å². The Morgan fingerprint density at radius 3 is 2.67 bits per heavy atom. The van der Waals surface area contributed by atoms with E-state index in [1.165, 1.54) is 6.42 Å². The molecule has 1 aliphatic heterocycles. The predicted molar refractivity (Wildman–Crippen MR) is 83.3 cm³/mol. The summed E-state index contributed by atoms with van der Waals surface area (Å²) in [5.41, 5.74) is -0.0560. The molecule has 0 aromatic rings. The van der Waals surface area contributed by atoms with Gasteiger partial charge in [-0.3, -0.25) is 4.79 Å². The fourth-order valence-corrected chi connectivity index (χ4v) is 2.77. The van der Waals surface area contributed by atoms with Gasteiger partial charge in [0.05, 0.1) is 0 Å². The first kappa shape index (κ1) is 17.8. The van der Waals surface area contributed by atoms with E-state index in [0.29, 0.717) is 18.9 Å². The van der Waals surface area contributed by atoms with Crippen LogP contribution in [-0.4, -0.2) is 41.6 Å². The molecule has 0 spiro atoms. The van der Waals surface area contributed by atoms with Gasteiger partial charge in [-0.1, -0.05) is 27.2 Å². The van der Waals surface area contributed by atoms with Gasteiger partial charge < -0.3 is 15.3 Å². The lowest BCUT2D eigenvalue weighted by Crippen LogP contribution is -2.46. The van der Waals surface area contributed by atoms with Gasteiger partial charge in [-0.05, 0) is 37.0 Å². The minimum Gasteiger partial charge on any atom is -0.481 e. The third kappa shape index (κ3) is 6.82. The Labute approximate surface area is 128 Å². The maximum atomic E-state index is 12.1. The number of amides is 2. The molecule has 5 nitrogen and oxygen atoms in total. The normalized spacial score (nSPS) is 19.4. The summed E-state index contributed by atoms with van der Waals surface area (Å²) in [7, 11) is 0. The van der Waals surface area contributed by atoms with Crippen molar-refractivity contribution in [2.24, 2.45) is 11.3 Å². The third-order valence-electron chi connectivity index (χ3n) is 4.48. The van der Waals surface area contributed by atoms with Crippen LogP contribution in [0.15, 0.2) is 0 Å². The van der Waals surface area contributed by atoms with Crippen LogP contribution in [0.25, 0.3) is 0 Å². The van der Waals surface area contributed by atoms with Gasteiger partial charge >= 0.3 is 12.0 Å². The minimum atomic E-state index is -0.758. The Balaban J connectivity index is 2.27. The van der Waals surface area contributed by atoms with Crippen molar-refractivity contribution >= 4 is 12.0 Å². The van der Waals surface area contributed by atoms with Crippen LogP contribution in [0.1, 0.15) is 59.3 Å². The average Bonchev–Trinajstić information content (AvgIpc) is 2.45. The second kappa shape index (κ2) is 8.25. The first-order valence-corrected chi connectivity index (χ1v) is 8.08. The molecule has 0 aromatic carbocycles. The Hall–Kier alpha value is -1.26. The average molecular weight is 298 g/mol. The lowest BCUT2D eigenvalue weighted by atomic mass is 9.84. The molecule has 0 bridgehead atoms. The second-order valence-corrected chi connectivity index (χ2v) is 6.90. The first-order chi connectivity index (χ1) is 9.84. The molecule has 1 aliphatic rings. The van der Waals surface area contributed by atoms with Crippen LogP contribution in [0.3, 0.4) is 0 Å². The molecule has 0 aliphatic carbocycles.